The SMILES string of the molecule is CS(=O)(=O)NC(=O)c1cc(N2CCC(N3CCOCC3)CC2)c2c(C3CCC3)nn(-c3ccccc3)c2n1.Cl.Cl. The zero-order valence-electron chi connectivity index (χ0n) is 22.5. The number of hydrogen-bond donors (Lipinski definition) is 1. The van der Waals surface area contributed by atoms with Crippen LogP contribution >= 0.6 is 24.8 Å². The van der Waals surface area contributed by atoms with Gasteiger partial charge >= 0.3 is 0 Å². The Kier molecular flexibility index (Phi) is 9.62. The topological polar surface area (TPSA) is 110 Å². The van der Waals surface area contributed by atoms with Crippen molar-refractivity contribution in [2.24, 2.45) is 0 Å². The molecule has 10 nitrogen and oxygen atoms in total. The van der Waals surface area contributed by atoms with Crippen LogP contribution in [0.4, 0.5) is 5.69 Å². The van der Waals surface area contributed by atoms with Crippen LogP contribution in [0.5, 0.6) is 0 Å². The highest BCUT2D eigenvalue weighted by Gasteiger charge is 2.32. The Morgan fingerprint density at radius 2 is 1.68 bits per heavy atom. The lowest BCUT2D eigenvalue weighted by atomic mass is 9.82. The molecule has 1 aliphatic carbocycles. The number of ether oxygens (including phenoxy) is 1. The molecular weight excluding hydrogens is 575 g/mol. The van der Waals surface area contributed by atoms with Gasteiger partial charge in [-0.05, 0) is 43.9 Å². The van der Waals surface area contributed by atoms with Crippen LogP contribution in [0.15, 0.2) is 36.4 Å². The minimum Gasteiger partial charge on any atom is -0.379 e. The van der Waals surface area contributed by atoms with E-state index in [1.165, 1.54) is 6.42 Å². The molecule has 1 amide bonds. The van der Waals surface area contributed by atoms with Gasteiger partial charge in [-0.25, -0.2) is 22.8 Å². The number of carbonyl (C=O) groups is 1. The van der Waals surface area contributed by atoms with Crippen LogP contribution in [0.2, 0.25) is 0 Å². The molecule has 218 valence electrons. The number of carbonyl (C=O) groups excluding carboxylic acids is 1. The summed E-state index contributed by atoms with van der Waals surface area (Å²) in [5.74, 6) is -0.380. The summed E-state index contributed by atoms with van der Waals surface area (Å²) in [6.07, 6.45) is 6.34. The summed E-state index contributed by atoms with van der Waals surface area (Å²) < 4.78 is 33.2. The fourth-order valence-corrected chi connectivity index (χ4v) is 6.28. The van der Waals surface area contributed by atoms with E-state index in [1.807, 2.05) is 35.0 Å². The first kappa shape index (κ1) is 30.5. The summed E-state index contributed by atoms with van der Waals surface area (Å²) in [4.78, 5) is 22.6. The molecule has 0 atom stereocenters. The average molecular weight is 612 g/mol. The third kappa shape index (κ3) is 6.23. The molecule has 4 heterocycles. The van der Waals surface area contributed by atoms with Gasteiger partial charge in [0.05, 0.1) is 41.9 Å². The normalized spacial score (nSPS) is 19.0. The lowest BCUT2D eigenvalue weighted by Gasteiger charge is -2.41. The fraction of sp³-hybridized carbons (Fsp3) is 0.519. The Labute approximate surface area is 247 Å². The molecule has 3 aliphatic rings. The Morgan fingerprint density at radius 1 is 1.00 bits per heavy atom. The number of amides is 1. The molecule has 2 aliphatic heterocycles. The van der Waals surface area contributed by atoms with Crippen LogP contribution in [-0.2, 0) is 14.8 Å². The molecule has 1 aromatic carbocycles. The number of hydrogen-bond acceptors (Lipinski definition) is 8. The minimum absolute atomic E-state index is 0. The van der Waals surface area contributed by atoms with E-state index in [4.69, 9.17) is 14.8 Å². The number of anilines is 1. The maximum atomic E-state index is 13.0. The molecule has 0 bridgehead atoms. The van der Waals surface area contributed by atoms with E-state index >= 15 is 0 Å². The first-order chi connectivity index (χ1) is 18.4. The van der Waals surface area contributed by atoms with Gasteiger partial charge in [0.25, 0.3) is 5.91 Å². The number of piperidine rings is 1. The molecular formula is C27H36Cl2N6O4S. The number of fused-ring (bicyclic) bond motifs is 1. The van der Waals surface area contributed by atoms with Crippen molar-refractivity contribution in [3.8, 4) is 5.69 Å². The first-order valence-electron chi connectivity index (χ1n) is 13.5. The largest absolute Gasteiger partial charge is 0.379 e. The summed E-state index contributed by atoms with van der Waals surface area (Å²) >= 11 is 0. The molecule has 2 aromatic heterocycles. The number of para-hydroxylation sites is 1. The van der Waals surface area contributed by atoms with Gasteiger partial charge in [-0.1, -0.05) is 24.6 Å². The van der Waals surface area contributed by atoms with E-state index in [-0.39, 0.29) is 30.5 Å². The summed E-state index contributed by atoms with van der Waals surface area (Å²) in [5, 5.41) is 6.03. The van der Waals surface area contributed by atoms with E-state index in [2.05, 4.69) is 14.5 Å². The summed E-state index contributed by atoms with van der Waals surface area (Å²) in [6.45, 7) is 5.19. The van der Waals surface area contributed by atoms with Crippen LogP contribution in [0.1, 0.15) is 54.2 Å². The highest BCUT2D eigenvalue weighted by atomic mass is 35.5. The fourth-order valence-electron chi connectivity index (χ4n) is 5.84. The number of nitrogens with zero attached hydrogens (tertiary/aromatic N) is 5. The molecule has 40 heavy (non-hydrogen) atoms. The monoisotopic (exact) mass is 610 g/mol. The van der Waals surface area contributed by atoms with E-state index in [9.17, 15) is 13.2 Å². The third-order valence-corrected chi connectivity index (χ3v) is 8.57. The van der Waals surface area contributed by atoms with Crippen LogP contribution in [0.3, 0.4) is 0 Å². The van der Waals surface area contributed by atoms with Crippen molar-refractivity contribution < 1.29 is 17.9 Å². The Morgan fingerprint density at radius 3 is 2.27 bits per heavy atom. The van der Waals surface area contributed by atoms with Gasteiger partial charge in [-0.3, -0.25) is 9.69 Å². The van der Waals surface area contributed by atoms with E-state index < -0.39 is 15.9 Å². The van der Waals surface area contributed by atoms with Crippen molar-refractivity contribution in [2.45, 2.75) is 44.1 Å². The molecule has 3 fully saturated rings. The number of pyridine rings is 1. The number of benzene rings is 1. The quantitative estimate of drug-likeness (QED) is 0.451. The molecule has 1 saturated carbocycles. The highest BCUT2D eigenvalue weighted by Crippen LogP contribution is 2.43. The number of morpholine rings is 1. The van der Waals surface area contributed by atoms with Crippen molar-refractivity contribution in [2.75, 3.05) is 50.5 Å². The second-order valence-electron chi connectivity index (χ2n) is 10.6. The first-order valence-corrected chi connectivity index (χ1v) is 15.3. The zero-order chi connectivity index (χ0) is 26.3. The number of sulfonamides is 1. The van der Waals surface area contributed by atoms with E-state index in [0.717, 1.165) is 93.8 Å². The van der Waals surface area contributed by atoms with Crippen LogP contribution in [0, 0.1) is 0 Å². The van der Waals surface area contributed by atoms with E-state index in [0.29, 0.717) is 17.6 Å². The number of rotatable bonds is 6. The standard InChI is InChI=1S/C27H34N6O4S.2ClH/c1-38(35,36)30-27(34)22-18-23(32-12-10-20(11-13-32)31-14-16-37-17-15-31)24-25(19-6-5-7-19)29-33(26(24)28-22)21-8-3-2-4-9-21;;/h2-4,8-9,18-20H,5-7,10-17H2,1H3,(H,30,34);2*1H. The molecule has 1 N–H and O–H groups in total. The number of halogens is 2. The molecule has 3 aromatic rings. The van der Waals surface area contributed by atoms with Crippen molar-refractivity contribution in [1.29, 1.82) is 0 Å². The van der Waals surface area contributed by atoms with Crippen LogP contribution in [0.25, 0.3) is 16.7 Å². The Bertz CT molecular complexity index is 1430. The van der Waals surface area contributed by atoms with Crippen molar-refractivity contribution in [3.05, 3.63) is 47.8 Å². The Balaban J connectivity index is 0.00000185. The number of nitrogens with one attached hydrogen (secondary N) is 1. The highest BCUT2D eigenvalue weighted by molar-refractivity contribution is 7.89. The molecule has 13 heteroatoms. The summed E-state index contributed by atoms with van der Waals surface area (Å²) in [5.41, 5.74) is 3.45. The maximum absolute atomic E-state index is 13.0. The molecule has 0 radical (unpaired) electrons. The second kappa shape index (κ2) is 12.6. The molecule has 0 spiro atoms. The smallest absolute Gasteiger partial charge is 0.283 e. The van der Waals surface area contributed by atoms with Crippen molar-refractivity contribution >= 4 is 57.5 Å². The van der Waals surface area contributed by atoms with Gasteiger partial charge < -0.3 is 9.64 Å². The summed E-state index contributed by atoms with van der Waals surface area (Å²) in [7, 11) is -3.74. The molecule has 0 unspecified atom stereocenters. The lowest BCUT2D eigenvalue weighted by Crippen LogP contribution is -2.49. The van der Waals surface area contributed by atoms with Gasteiger partial charge in [-0.15, -0.1) is 24.8 Å². The van der Waals surface area contributed by atoms with E-state index in [1.54, 1.807) is 6.07 Å². The summed E-state index contributed by atoms with van der Waals surface area (Å²) in [6, 6.07) is 12.1. The lowest BCUT2D eigenvalue weighted by molar-refractivity contribution is 0.0115. The van der Waals surface area contributed by atoms with Crippen molar-refractivity contribution in [3.63, 3.8) is 0 Å². The van der Waals surface area contributed by atoms with Crippen molar-refractivity contribution in [1.82, 2.24) is 24.4 Å². The average Bonchev–Trinajstić information content (AvgIpc) is 3.26. The number of aromatic nitrogens is 3. The van der Waals surface area contributed by atoms with Gasteiger partial charge in [0.1, 0.15) is 5.69 Å². The minimum atomic E-state index is -3.74. The maximum Gasteiger partial charge on any atom is 0.283 e. The zero-order valence-corrected chi connectivity index (χ0v) is 24.9. The predicted molar refractivity (Wildman–Crippen MR) is 160 cm³/mol. The van der Waals surface area contributed by atoms with Gasteiger partial charge in [0.2, 0.25) is 10.0 Å². The molecule has 6 rings (SSSR count). The van der Waals surface area contributed by atoms with Gasteiger partial charge in [0.15, 0.2) is 5.65 Å². The van der Waals surface area contributed by atoms with Crippen LogP contribution in [-0.4, -0.2) is 85.7 Å². The second-order valence-corrected chi connectivity index (χ2v) is 12.3. The van der Waals surface area contributed by atoms with Gasteiger partial charge in [0, 0.05) is 38.1 Å². The van der Waals surface area contributed by atoms with Gasteiger partial charge in [-0.2, -0.15) is 5.10 Å². The predicted octanol–water partition coefficient (Wildman–Crippen LogP) is 3.52. The molecule has 2 saturated heterocycles. The third-order valence-electron chi connectivity index (χ3n) is 8.01. The Hall–Kier alpha value is -2.44. The van der Waals surface area contributed by atoms with Crippen LogP contribution < -0.4 is 9.62 Å².